The Bertz CT molecular complexity index is 62.7. The first-order valence-electron chi connectivity index (χ1n) is 1.69. The van der Waals surface area contributed by atoms with Gasteiger partial charge in [0.1, 0.15) is 3.23 Å². The van der Waals surface area contributed by atoms with Gasteiger partial charge >= 0.3 is 0 Å². The molecule has 0 unspecified atom stereocenters. The van der Waals surface area contributed by atoms with Gasteiger partial charge in [-0.25, -0.2) is 0 Å². The van der Waals surface area contributed by atoms with E-state index in [-0.39, 0.29) is 5.38 Å². The van der Waals surface area contributed by atoms with Crippen LogP contribution in [-0.4, -0.2) is 5.38 Å². The van der Waals surface area contributed by atoms with Crippen LogP contribution in [0.25, 0.3) is 0 Å². The second kappa shape index (κ2) is 3.20. The third kappa shape index (κ3) is 3.54. The molecule has 0 aromatic heterocycles. The Morgan fingerprint density at radius 1 is 0.875 bits per heavy atom. The average molecular weight is 439 g/mol. The molecular weight excluding hydrogens is 436 g/mol. The van der Waals surface area contributed by atoms with Crippen molar-refractivity contribution in [1.29, 1.82) is 0 Å². The number of hydrogen-bond acceptors (Lipinski definition) is 0. The van der Waals surface area contributed by atoms with Crippen molar-refractivity contribution in [3.8, 4) is 0 Å². The van der Waals surface area contributed by atoms with Gasteiger partial charge in [-0.3, -0.25) is 0 Å². The van der Waals surface area contributed by atoms with Crippen LogP contribution in [0.5, 0.6) is 0 Å². The lowest BCUT2D eigenvalue weighted by atomic mass is 10.6. The van der Waals surface area contributed by atoms with Crippen LogP contribution < -0.4 is 0 Å². The van der Waals surface area contributed by atoms with E-state index in [2.05, 4.69) is 79.6 Å². The Labute approximate surface area is 90.8 Å². The Hall–Kier alpha value is 2.40. The lowest BCUT2D eigenvalue weighted by molar-refractivity contribution is 1.04. The summed E-state index contributed by atoms with van der Waals surface area (Å²) in [7, 11) is 0. The van der Waals surface area contributed by atoms with Crippen molar-refractivity contribution in [3.63, 3.8) is 0 Å². The first-order chi connectivity index (χ1) is 3.25. The van der Waals surface area contributed by atoms with Crippen molar-refractivity contribution in [3.05, 3.63) is 0 Å². The van der Waals surface area contributed by atoms with Crippen molar-refractivity contribution in [1.82, 2.24) is 0 Å². The van der Waals surface area contributed by atoms with E-state index in [0.29, 0.717) is 0 Å². The molecule has 5 heteroatoms. The van der Waals surface area contributed by atoms with Crippen LogP contribution in [0, 0.1) is 0 Å². The van der Waals surface area contributed by atoms with Crippen LogP contribution in [0.15, 0.2) is 0 Å². The molecule has 0 radical (unpaired) electrons. The molecule has 0 saturated heterocycles. The standard InChI is InChI=1S/C3H3Br5/c1-2(4,5)3(6,7)8/h1H3. The fourth-order valence-corrected chi connectivity index (χ4v) is 0. The zero-order valence-corrected chi connectivity index (χ0v) is 11.8. The highest BCUT2D eigenvalue weighted by molar-refractivity contribution is 9.41. The summed E-state index contributed by atoms with van der Waals surface area (Å²) in [6, 6.07) is 0. The van der Waals surface area contributed by atoms with Crippen LogP contribution >= 0.6 is 79.6 Å². The quantitative estimate of drug-likeness (QED) is 0.494. The van der Waals surface area contributed by atoms with E-state index in [4.69, 9.17) is 0 Å². The maximum atomic E-state index is 3.38. The second-order valence-corrected chi connectivity index (χ2v) is 12.4. The Kier molecular flexibility index (Phi) is 4.16. The second-order valence-electron chi connectivity index (χ2n) is 1.39. The first kappa shape index (κ1) is 10.4. The van der Waals surface area contributed by atoms with Crippen LogP contribution in [0.4, 0.5) is 0 Å². The van der Waals surface area contributed by atoms with E-state index in [9.17, 15) is 0 Å². The van der Waals surface area contributed by atoms with Crippen molar-refractivity contribution >= 4 is 79.6 Å². The van der Waals surface area contributed by atoms with Gasteiger partial charge in [0.15, 0.2) is 2.14 Å². The third-order valence-electron chi connectivity index (χ3n) is 0.498. The fraction of sp³-hybridized carbons (Fsp3) is 1.00. The van der Waals surface area contributed by atoms with Crippen molar-refractivity contribution in [2.24, 2.45) is 0 Å². The minimum Gasteiger partial charge on any atom is -0.0696 e. The molecule has 0 aliphatic carbocycles. The largest absolute Gasteiger partial charge is 0.159 e. The van der Waals surface area contributed by atoms with E-state index in [0.717, 1.165) is 0 Å². The van der Waals surface area contributed by atoms with E-state index in [1.165, 1.54) is 0 Å². The van der Waals surface area contributed by atoms with Gasteiger partial charge in [-0.2, -0.15) is 0 Å². The first-order valence-corrected chi connectivity index (χ1v) is 5.66. The highest BCUT2D eigenvalue weighted by Gasteiger charge is 2.37. The summed E-state index contributed by atoms with van der Waals surface area (Å²) in [5.74, 6) is 0. The number of halogens is 5. The lowest BCUT2D eigenvalue weighted by Gasteiger charge is -2.24. The van der Waals surface area contributed by atoms with Gasteiger partial charge in [-0.1, -0.05) is 79.6 Å². The normalized spacial score (nSPS) is 14.2. The van der Waals surface area contributed by atoms with E-state index >= 15 is 0 Å². The molecule has 0 N–H and O–H groups in total. The zero-order valence-electron chi connectivity index (χ0n) is 3.89. The molecule has 0 atom stereocenters. The lowest BCUT2D eigenvalue weighted by Crippen LogP contribution is -2.23. The molecule has 0 bridgehead atoms. The van der Waals surface area contributed by atoms with Crippen LogP contribution in [-0.2, 0) is 0 Å². The number of rotatable bonds is 0. The minimum atomic E-state index is -0.292. The SMILES string of the molecule is CC(Br)(Br)C(Br)(Br)Br. The highest BCUT2D eigenvalue weighted by atomic mass is 80.0. The zero-order chi connectivity index (χ0) is 7.00. The topological polar surface area (TPSA) is 0 Å². The van der Waals surface area contributed by atoms with E-state index in [1.807, 2.05) is 6.92 Å². The summed E-state index contributed by atoms with van der Waals surface area (Å²) in [4.78, 5) is 0. The molecule has 0 aliphatic rings. The molecule has 50 valence electrons. The van der Waals surface area contributed by atoms with E-state index < -0.39 is 0 Å². The van der Waals surface area contributed by atoms with Gasteiger partial charge in [0.25, 0.3) is 0 Å². The molecule has 0 aromatic carbocycles. The van der Waals surface area contributed by atoms with Gasteiger partial charge in [0.2, 0.25) is 0 Å². The molecule has 0 amide bonds. The predicted octanol–water partition coefficient (Wildman–Crippen LogP) is 4.33. The van der Waals surface area contributed by atoms with Crippen LogP contribution in [0.1, 0.15) is 6.92 Å². The average Bonchev–Trinajstić information content (AvgIpc) is 1.25. The maximum absolute atomic E-state index is 3.38. The maximum Gasteiger partial charge on any atom is 0.159 e. The van der Waals surface area contributed by atoms with Gasteiger partial charge < -0.3 is 0 Å². The molecule has 8 heavy (non-hydrogen) atoms. The summed E-state index contributed by atoms with van der Waals surface area (Å²) >= 11 is 16.8. The number of hydrogen-bond donors (Lipinski definition) is 0. The summed E-state index contributed by atoms with van der Waals surface area (Å²) in [5.41, 5.74) is 0. The smallest absolute Gasteiger partial charge is 0.0696 e. The summed E-state index contributed by atoms with van der Waals surface area (Å²) in [5, 5.41) is 0. The van der Waals surface area contributed by atoms with Gasteiger partial charge in [0.05, 0.1) is 0 Å². The Balaban J connectivity index is 4.02. The molecule has 0 fully saturated rings. The Morgan fingerprint density at radius 2 is 1.00 bits per heavy atom. The molecule has 0 rings (SSSR count). The molecule has 0 heterocycles. The van der Waals surface area contributed by atoms with Crippen molar-refractivity contribution in [2.45, 2.75) is 12.3 Å². The molecular formula is C3H3Br5. The van der Waals surface area contributed by atoms with Crippen LogP contribution in [0.3, 0.4) is 0 Å². The predicted molar refractivity (Wildman–Crippen MR) is 55.8 cm³/mol. The summed E-state index contributed by atoms with van der Waals surface area (Å²) in [6.07, 6.45) is 0. The summed E-state index contributed by atoms with van der Waals surface area (Å²) in [6.45, 7) is 1.96. The van der Waals surface area contributed by atoms with Crippen LogP contribution in [0.2, 0.25) is 0 Å². The van der Waals surface area contributed by atoms with Crippen molar-refractivity contribution < 1.29 is 0 Å². The molecule has 0 nitrogen and oxygen atoms in total. The molecule has 0 saturated carbocycles. The minimum absolute atomic E-state index is 0.188. The number of alkyl halides is 5. The van der Waals surface area contributed by atoms with Crippen molar-refractivity contribution in [2.75, 3.05) is 0 Å². The van der Waals surface area contributed by atoms with Gasteiger partial charge in [-0.15, -0.1) is 0 Å². The highest BCUT2D eigenvalue weighted by Crippen LogP contribution is 2.52. The fourth-order valence-electron chi connectivity index (χ4n) is 0. The molecule has 0 aromatic rings. The molecule has 0 aliphatic heterocycles. The Morgan fingerprint density at radius 3 is 1.00 bits per heavy atom. The third-order valence-corrected chi connectivity index (χ3v) is 7.26. The van der Waals surface area contributed by atoms with Gasteiger partial charge in [0, 0.05) is 0 Å². The summed E-state index contributed by atoms with van der Waals surface area (Å²) < 4.78 is -0.479. The molecule has 0 spiro atoms. The monoisotopic (exact) mass is 434 g/mol. The van der Waals surface area contributed by atoms with E-state index in [1.54, 1.807) is 0 Å². The van der Waals surface area contributed by atoms with Gasteiger partial charge in [-0.05, 0) is 6.92 Å².